The maximum absolute atomic E-state index is 12.7. The summed E-state index contributed by atoms with van der Waals surface area (Å²) in [5.74, 6) is -0.0210. The van der Waals surface area contributed by atoms with Crippen LogP contribution in [0.1, 0.15) is 11.6 Å². The molecule has 0 unspecified atom stereocenters. The Hall–Kier alpha value is -1.13. The summed E-state index contributed by atoms with van der Waals surface area (Å²) in [6, 6.07) is 3.50. The highest BCUT2D eigenvalue weighted by atomic mass is 19.1. The second kappa shape index (κ2) is 4.20. The van der Waals surface area contributed by atoms with Crippen LogP contribution >= 0.6 is 0 Å². The van der Waals surface area contributed by atoms with Crippen molar-refractivity contribution in [3.05, 3.63) is 29.6 Å². The Morgan fingerprint density at radius 1 is 1.62 bits per heavy atom. The predicted octanol–water partition coefficient (Wildman–Crippen LogP) is 0.826. The van der Waals surface area contributed by atoms with Crippen molar-refractivity contribution in [2.24, 2.45) is 5.73 Å². The Balaban J connectivity index is 3.05. The Labute approximate surface area is 75.9 Å². The van der Waals surface area contributed by atoms with Gasteiger partial charge in [-0.25, -0.2) is 4.39 Å². The Kier molecular flexibility index (Phi) is 3.22. The molecule has 0 fully saturated rings. The van der Waals surface area contributed by atoms with E-state index in [2.05, 4.69) is 0 Å². The highest BCUT2D eigenvalue weighted by Gasteiger charge is 2.11. The molecule has 0 radical (unpaired) electrons. The smallest absolute Gasteiger partial charge is 0.126 e. The van der Waals surface area contributed by atoms with Gasteiger partial charge in [-0.3, -0.25) is 0 Å². The van der Waals surface area contributed by atoms with Crippen molar-refractivity contribution in [1.29, 1.82) is 0 Å². The summed E-state index contributed by atoms with van der Waals surface area (Å²) in [4.78, 5) is 0. The molecule has 1 aromatic carbocycles. The van der Waals surface area contributed by atoms with Crippen LogP contribution in [0.15, 0.2) is 18.2 Å². The number of nitrogens with two attached hydrogens (primary N) is 1. The lowest BCUT2D eigenvalue weighted by molar-refractivity contribution is 0.264. The van der Waals surface area contributed by atoms with E-state index in [0.717, 1.165) is 0 Å². The van der Waals surface area contributed by atoms with Crippen LogP contribution in [0.3, 0.4) is 0 Å². The molecule has 1 rings (SSSR count). The van der Waals surface area contributed by atoms with E-state index >= 15 is 0 Å². The molecule has 13 heavy (non-hydrogen) atoms. The quantitative estimate of drug-likeness (QED) is 0.733. The van der Waals surface area contributed by atoms with Gasteiger partial charge in [0.15, 0.2) is 0 Å². The first-order valence-electron chi connectivity index (χ1n) is 3.89. The summed E-state index contributed by atoms with van der Waals surface area (Å²) in [6.45, 7) is -0.192. The van der Waals surface area contributed by atoms with Crippen molar-refractivity contribution in [2.45, 2.75) is 6.04 Å². The van der Waals surface area contributed by atoms with Crippen molar-refractivity contribution in [2.75, 3.05) is 13.7 Å². The average Bonchev–Trinajstić information content (AvgIpc) is 2.16. The number of benzene rings is 1. The third kappa shape index (κ3) is 2.17. The molecular weight excluding hydrogens is 173 g/mol. The zero-order valence-electron chi connectivity index (χ0n) is 7.33. The maximum atomic E-state index is 12.7. The van der Waals surface area contributed by atoms with E-state index in [1.54, 1.807) is 0 Å². The SMILES string of the molecule is COc1cc(F)ccc1[C@@H](N)CO. The highest BCUT2D eigenvalue weighted by molar-refractivity contribution is 5.36. The van der Waals surface area contributed by atoms with Gasteiger partial charge in [-0.05, 0) is 6.07 Å². The first-order chi connectivity index (χ1) is 6.19. The predicted molar refractivity (Wildman–Crippen MR) is 47.0 cm³/mol. The van der Waals surface area contributed by atoms with E-state index < -0.39 is 6.04 Å². The first kappa shape index (κ1) is 9.95. The molecule has 0 amide bonds. The van der Waals surface area contributed by atoms with E-state index in [0.29, 0.717) is 11.3 Å². The molecular formula is C9H12FNO2. The van der Waals surface area contributed by atoms with Gasteiger partial charge in [-0.1, -0.05) is 6.07 Å². The second-order valence-electron chi connectivity index (χ2n) is 2.68. The summed E-state index contributed by atoms with van der Waals surface area (Å²) in [6.07, 6.45) is 0. The summed E-state index contributed by atoms with van der Waals surface area (Å²) in [7, 11) is 1.43. The van der Waals surface area contributed by atoms with Crippen molar-refractivity contribution in [3.8, 4) is 5.75 Å². The van der Waals surface area contributed by atoms with Crippen LogP contribution in [0.5, 0.6) is 5.75 Å². The third-order valence-electron chi connectivity index (χ3n) is 1.79. The van der Waals surface area contributed by atoms with E-state index in [1.807, 2.05) is 0 Å². The number of aliphatic hydroxyl groups is 1. The van der Waals surface area contributed by atoms with Crippen molar-refractivity contribution >= 4 is 0 Å². The molecule has 0 aliphatic rings. The largest absolute Gasteiger partial charge is 0.496 e. The van der Waals surface area contributed by atoms with Gasteiger partial charge in [0.05, 0.1) is 19.8 Å². The van der Waals surface area contributed by atoms with Gasteiger partial charge in [-0.2, -0.15) is 0 Å². The Morgan fingerprint density at radius 3 is 2.85 bits per heavy atom. The van der Waals surface area contributed by atoms with Crippen LogP contribution in [0.4, 0.5) is 4.39 Å². The minimum absolute atomic E-state index is 0.192. The molecule has 0 aromatic heterocycles. The third-order valence-corrected chi connectivity index (χ3v) is 1.79. The number of hydrogen-bond donors (Lipinski definition) is 2. The second-order valence-corrected chi connectivity index (χ2v) is 2.68. The average molecular weight is 185 g/mol. The maximum Gasteiger partial charge on any atom is 0.126 e. The zero-order valence-corrected chi connectivity index (χ0v) is 7.33. The number of hydrogen-bond acceptors (Lipinski definition) is 3. The van der Waals surface area contributed by atoms with Gasteiger partial charge in [0.25, 0.3) is 0 Å². The number of rotatable bonds is 3. The first-order valence-corrected chi connectivity index (χ1v) is 3.89. The van der Waals surface area contributed by atoms with Crippen LogP contribution in [0.25, 0.3) is 0 Å². The van der Waals surface area contributed by atoms with Crippen LogP contribution in [-0.4, -0.2) is 18.8 Å². The van der Waals surface area contributed by atoms with E-state index in [-0.39, 0.29) is 12.4 Å². The minimum Gasteiger partial charge on any atom is -0.496 e. The molecule has 0 bridgehead atoms. The molecule has 1 aromatic rings. The molecule has 1 atom stereocenters. The fraction of sp³-hybridized carbons (Fsp3) is 0.333. The van der Waals surface area contributed by atoms with E-state index in [9.17, 15) is 4.39 Å². The lowest BCUT2D eigenvalue weighted by Crippen LogP contribution is -2.15. The summed E-state index contributed by atoms with van der Waals surface area (Å²) < 4.78 is 17.6. The lowest BCUT2D eigenvalue weighted by atomic mass is 10.1. The topological polar surface area (TPSA) is 55.5 Å². The lowest BCUT2D eigenvalue weighted by Gasteiger charge is -2.12. The van der Waals surface area contributed by atoms with E-state index in [4.69, 9.17) is 15.6 Å². The molecule has 0 spiro atoms. The molecule has 0 aliphatic heterocycles. The highest BCUT2D eigenvalue weighted by Crippen LogP contribution is 2.24. The number of ether oxygens (including phenoxy) is 1. The van der Waals surface area contributed by atoms with Crippen molar-refractivity contribution < 1.29 is 14.2 Å². The van der Waals surface area contributed by atoms with Crippen LogP contribution in [-0.2, 0) is 0 Å². The van der Waals surface area contributed by atoms with Crippen LogP contribution < -0.4 is 10.5 Å². The van der Waals surface area contributed by atoms with Crippen LogP contribution in [0.2, 0.25) is 0 Å². The number of halogens is 1. The summed E-state index contributed by atoms with van der Waals surface area (Å²) in [5.41, 5.74) is 6.17. The fourth-order valence-electron chi connectivity index (χ4n) is 1.09. The van der Waals surface area contributed by atoms with Gasteiger partial charge in [-0.15, -0.1) is 0 Å². The minimum atomic E-state index is -0.532. The fourth-order valence-corrected chi connectivity index (χ4v) is 1.09. The monoisotopic (exact) mass is 185 g/mol. The summed E-state index contributed by atoms with van der Waals surface area (Å²) >= 11 is 0. The number of methoxy groups -OCH3 is 1. The molecule has 0 saturated carbocycles. The molecule has 72 valence electrons. The van der Waals surface area contributed by atoms with Gasteiger partial charge < -0.3 is 15.6 Å². The van der Waals surface area contributed by atoms with Gasteiger partial charge in [0, 0.05) is 11.6 Å². The molecule has 0 saturated heterocycles. The van der Waals surface area contributed by atoms with Crippen molar-refractivity contribution in [1.82, 2.24) is 0 Å². The Bertz CT molecular complexity index is 291. The van der Waals surface area contributed by atoms with Gasteiger partial charge in [0.1, 0.15) is 11.6 Å². The zero-order chi connectivity index (χ0) is 9.84. The van der Waals surface area contributed by atoms with E-state index in [1.165, 1.54) is 25.3 Å². The molecule has 3 N–H and O–H groups in total. The number of aliphatic hydroxyl groups excluding tert-OH is 1. The van der Waals surface area contributed by atoms with Gasteiger partial charge >= 0.3 is 0 Å². The molecule has 3 nitrogen and oxygen atoms in total. The van der Waals surface area contributed by atoms with Crippen LogP contribution in [0, 0.1) is 5.82 Å². The molecule has 4 heteroatoms. The molecule has 0 aliphatic carbocycles. The summed E-state index contributed by atoms with van der Waals surface area (Å²) in [5, 5.41) is 8.80. The standard InChI is InChI=1S/C9H12FNO2/c1-13-9-4-6(10)2-3-7(9)8(11)5-12/h2-4,8,12H,5,11H2,1H3/t8-/m0/s1. The molecule has 0 heterocycles. The van der Waals surface area contributed by atoms with Crippen molar-refractivity contribution in [3.63, 3.8) is 0 Å². The normalized spacial score (nSPS) is 12.6. The van der Waals surface area contributed by atoms with Gasteiger partial charge in [0.2, 0.25) is 0 Å². The Morgan fingerprint density at radius 2 is 2.31 bits per heavy atom.